The maximum absolute atomic E-state index is 12.9. The van der Waals surface area contributed by atoms with Crippen LogP contribution in [0.1, 0.15) is 26.3 Å². The molecule has 0 radical (unpaired) electrons. The second-order valence-electron chi connectivity index (χ2n) is 6.30. The Morgan fingerprint density at radius 1 is 1.25 bits per heavy atom. The summed E-state index contributed by atoms with van der Waals surface area (Å²) in [6, 6.07) is 12.1. The fourth-order valence-corrected chi connectivity index (χ4v) is 3.94. The highest BCUT2D eigenvalue weighted by molar-refractivity contribution is 7.99. The first-order chi connectivity index (χ1) is 13.4. The highest BCUT2D eigenvalue weighted by Crippen LogP contribution is 2.26. The molecule has 3 aromatic rings. The minimum Gasteiger partial charge on any atom is -0.324 e. The van der Waals surface area contributed by atoms with E-state index in [-0.39, 0.29) is 23.3 Å². The van der Waals surface area contributed by atoms with Crippen LogP contribution in [0.3, 0.4) is 0 Å². The lowest BCUT2D eigenvalue weighted by molar-refractivity contribution is -0.113. The van der Waals surface area contributed by atoms with Gasteiger partial charge in [0.25, 0.3) is 5.56 Å². The summed E-state index contributed by atoms with van der Waals surface area (Å²) in [5.74, 6) is -0.170. The van der Waals surface area contributed by atoms with Crippen LogP contribution in [0.4, 0.5) is 5.69 Å². The molecule has 5 nitrogen and oxygen atoms in total. The molecule has 0 spiro atoms. The van der Waals surface area contributed by atoms with Gasteiger partial charge in [0, 0.05) is 11.1 Å². The van der Waals surface area contributed by atoms with E-state index in [0.717, 1.165) is 6.42 Å². The normalized spacial score (nSPS) is 12.1. The number of aromatic nitrogens is 2. The van der Waals surface area contributed by atoms with Gasteiger partial charge in [0.1, 0.15) is 0 Å². The molecule has 0 saturated heterocycles. The van der Waals surface area contributed by atoms with E-state index in [1.165, 1.54) is 11.8 Å². The average molecular weight is 436 g/mol. The summed E-state index contributed by atoms with van der Waals surface area (Å²) in [5, 5.41) is 4.72. The van der Waals surface area contributed by atoms with Crippen molar-refractivity contribution < 1.29 is 4.79 Å². The van der Waals surface area contributed by atoms with Crippen LogP contribution in [0.5, 0.6) is 0 Å². The van der Waals surface area contributed by atoms with Gasteiger partial charge < -0.3 is 5.32 Å². The predicted molar refractivity (Wildman–Crippen MR) is 117 cm³/mol. The number of hydrogen-bond donors (Lipinski definition) is 1. The number of carbonyl (C=O) groups excluding carboxylic acids is 1. The monoisotopic (exact) mass is 435 g/mol. The molecule has 2 aromatic carbocycles. The van der Waals surface area contributed by atoms with Crippen molar-refractivity contribution in [2.24, 2.45) is 0 Å². The van der Waals surface area contributed by atoms with Crippen molar-refractivity contribution in [3.05, 3.63) is 62.9 Å². The number of anilines is 1. The van der Waals surface area contributed by atoms with Crippen molar-refractivity contribution in [2.75, 3.05) is 11.1 Å². The van der Waals surface area contributed by atoms with E-state index in [9.17, 15) is 9.59 Å². The largest absolute Gasteiger partial charge is 0.324 e. The first kappa shape index (κ1) is 20.7. The molecule has 0 fully saturated rings. The van der Waals surface area contributed by atoms with Gasteiger partial charge in [0.15, 0.2) is 5.16 Å². The second kappa shape index (κ2) is 8.99. The number of rotatable bonds is 6. The quantitative estimate of drug-likeness (QED) is 0.415. The SMILES string of the molecule is CCC(C)n1c(SCC(=O)Nc2cc(Cl)ccc2Cl)nc2ccccc2c1=O. The van der Waals surface area contributed by atoms with Crippen molar-refractivity contribution >= 4 is 57.5 Å². The van der Waals surface area contributed by atoms with E-state index >= 15 is 0 Å². The van der Waals surface area contributed by atoms with Crippen LogP contribution >= 0.6 is 35.0 Å². The van der Waals surface area contributed by atoms with Gasteiger partial charge >= 0.3 is 0 Å². The van der Waals surface area contributed by atoms with E-state index in [1.807, 2.05) is 26.0 Å². The first-order valence-electron chi connectivity index (χ1n) is 8.79. The Kier molecular flexibility index (Phi) is 6.65. The number of halogens is 2. The molecule has 1 atom stereocenters. The Bertz CT molecular complexity index is 1080. The smallest absolute Gasteiger partial charge is 0.262 e. The molecular weight excluding hydrogens is 417 g/mol. The van der Waals surface area contributed by atoms with Crippen LogP contribution in [0.25, 0.3) is 10.9 Å². The standard InChI is InChI=1S/C20H19Cl2N3O2S/c1-3-12(2)25-19(27)14-6-4-5-7-16(14)24-20(25)28-11-18(26)23-17-10-13(21)8-9-15(17)22/h4-10,12H,3,11H2,1-2H3,(H,23,26). The van der Waals surface area contributed by atoms with Gasteiger partial charge in [-0.3, -0.25) is 14.2 Å². The lowest BCUT2D eigenvalue weighted by Crippen LogP contribution is -2.26. The van der Waals surface area contributed by atoms with Crippen LogP contribution in [-0.2, 0) is 4.79 Å². The highest BCUT2D eigenvalue weighted by atomic mass is 35.5. The molecule has 1 unspecified atom stereocenters. The van der Waals surface area contributed by atoms with E-state index in [0.29, 0.717) is 31.8 Å². The van der Waals surface area contributed by atoms with E-state index < -0.39 is 0 Å². The van der Waals surface area contributed by atoms with E-state index in [4.69, 9.17) is 23.2 Å². The number of nitrogens with zero attached hydrogens (tertiary/aromatic N) is 2. The number of hydrogen-bond acceptors (Lipinski definition) is 4. The van der Waals surface area contributed by atoms with Gasteiger partial charge in [-0.2, -0.15) is 0 Å². The summed E-state index contributed by atoms with van der Waals surface area (Å²) in [7, 11) is 0. The van der Waals surface area contributed by atoms with Crippen LogP contribution in [0.15, 0.2) is 52.4 Å². The van der Waals surface area contributed by atoms with Gasteiger partial charge in [-0.25, -0.2) is 4.98 Å². The number of benzene rings is 2. The third kappa shape index (κ3) is 4.51. The number of nitrogens with one attached hydrogen (secondary N) is 1. The highest BCUT2D eigenvalue weighted by Gasteiger charge is 2.17. The van der Waals surface area contributed by atoms with Crippen molar-refractivity contribution in [2.45, 2.75) is 31.5 Å². The summed E-state index contributed by atoms with van der Waals surface area (Å²) in [4.78, 5) is 30.0. The fraction of sp³-hybridized carbons (Fsp3) is 0.250. The Hall–Kier alpha value is -2.02. The number of thioether (sulfide) groups is 1. The van der Waals surface area contributed by atoms with Crippen LogP contribution in [0, 0.1) is 0 Å². The zero-order valence-corrected chi connectivity index (χ0v) is 17.7. The Balaban J connectivity index is 1.86. The van der Waals surface area contributed by atoms with Gasteiger partial charge in [-0.15, -0.1) is 0 Å². The van der Waals surface area contributed by atoms with Gasteiger partial charge in [0.05, 0.1) is 27.4 Å². The molecular formula is C20H19Cl2N3O2S. The number of carbonyl (C=O) groups is 1. The summed E-state index contributed by atoms with van der Waals surface area (Å²) in [6.07, 6.45) is 0.776. The molecule has 0 saturated carbocycles. The zero-order chi connectivity index (χ0) is 20.3. The number of fused-ring (bicyclic) bond motifs is 1. The van der Waals surface area contributed by atoms with Gasteiger partial charge in [-0.1, -0.05) is 54.0 Å². The van der Waals surface area contributed by atoms with Crippen LogP contribution in [-0.4, -0.2) is 21.2 Å². The molecule has 28 heavy (non-hydrogen) atoms. The molecule has 8 heteroatoms. The summed E-state index contributed by atoms with van der Waals surface area (Å²) >= 11 is 13.3. The summed E-state index contributed by atoms with van der Waals surface area (Å²) in [5.41, 5.74) is 0.971. The Morgan fingerprint density at radius 2 is 2.00 bits per heavy atom. The molecule has 1 aromatic heterocycles. The molecule has 0 aliphatic carbocycles. The lowest BCUT2D eigenvalue weighted by atomic mass is 10.2. The molecule has 0 aliphatic rings. The third-order valence-electron chi connectivity index (χ3n) is 4.34. The summed E-state index contributed by atoms with van der Waals surface area (Å²) in [6.45, 7) is 3.97. The van der Waals surface area contributed by atoms with Crippen LogP contribution < -0.4 is 10.9 Å². The minimum atomic E-state index is -0.257. The molecule has 1 amide bonds. The van der Waals surface area contributed by atoms with Crippen LogP contribution in [0.2, 0.25) is 10.0 Å². The maximum atomic E-state index is 12.9. The van der Waals surface area contributed by atoms with Gasteiger partial charge in [0.2, 0.25) is 5.91 Å². The van der Waals surface area contributed by atoms with Gasteiger partial charge in [-0.05, 0) is 43.7 Å². The molecule has 0 aliphatic heterocycles. The predicted octanol–water partition coefficient (Wildman–Crippen LogP) is 5.41. The zero-order valence-electron chi connectivity index (χ0n) is 15.4. The van der Waals surface area contributed by atoms with Crippen molar-refractivity contribution in [3.8, 4) is 0 Å². The van der Waals surface area contributed by atoms with E-state index in [2.05, 4.69) is 10.3 Å². The molecule has 3 rings (SSSR count). The van der Waals surface area contributed by atoms with E-state index in [1.54, 1.807) is 34.9 Å². The fourth-order valence-electron chi connectivity index (χ4n) is 2.71. The van der Waals surface area contributed by atoms with Crippen molar-refractivity contribution in [1.29, 1.82) is 0 Å². The van der Waals surface area contributed by atoms with Crippen molar-refractivity contribution in [1.82, 2.24) is 9.55 Å². The number of para-hydroxylation sites is 1. The molecule has 1 heterocycles. The average Bonchev–Trinajstić information content (AvgIpc) is 2.69. The van der Waals surface area contributed by atoms with Crippen molar-refractivity contribution in [3.63, 3.8) is 0 Å². The minimum absolute atomic E-state index is 0.0301. The molecule has 0 bridgehead atoms. The third-order valence-corrected chi connectivity index (χ3v) is 5.86. The number of amides is 1. The molecule has 1 N–H and O–H groups in total. The lowest BCUT2D eigenvalue weighted by Gasteiger charge is -2.18. The second-order valence-corrected chi connectivity index (χ2v) is 8.09. The Labute approximate surface area is 177 Å². The summed E-state index contributed by atoms with van der Waals surface area (Å²) < 4.78 is 1.66. The maximum Gasteiger partial charge on any atom is 0.262 e. The first-order valence-corrected chi connectivity index (χ1v) is 10.5. The Morgan fingerprint density at radius 3 is 2.75 bits per heavy atom. The molecule has 146 valence electrons. The topological polar surface area (TPSA) is 64.0 Å².